The van der Waals surface area contributed by atoms with Crippen molar-refractivity contribution in [2.24, 2.45) is 7.05 Å². The van der Waals surface area contributed by atoms with Crippen molar-refractivity contribution in [3.63, 3.8) is 0 Å². The standard InChI is InChI=1S/C15H20ClN5O/c1-3-21-13(18-19(2)15(21)22)11-6-5-9-20(10-11)14-12(16)7-4-8-17-14/h4,7-8,11H,3,5-6,9-10H2,1-2H3/t11-/m1/s1. The van der Waals surface area contributed by atoms with Crippen LogP contribution in [0.4, 0.5) is 5.82 Å². The molecule has 1 aliphatic rings. The van der Waals surface area contributed by atoms with Gasteiger partial charge in [-0.2, -0.15) is 5.10 Å². The van der Waals surface area contributed by atoms with Gasteiger partial charge < -0.3 is 4.90 Å². The maximum absolute atomic E-state index is 12.1. The largest absolute Gasteiger partial charge is 0.355 e. The summed E-state index contributed by atoms with van der Waals surface area (Å²) in [6.07, 6.45) is 3.82. The first-order valence-corrected chi connectivity index (χ1v) is 7.98. The Bertz CT molecular complexity index is 723. The highest BCUT2D eigenvalue weighted by Gasteiger charge is 2.28. The molecule has 1 fully saturated rings. The Balaban J connectivity index is 1.89. The second-order valence-corrected chi connectivity index (χ2v) is 6.01. The van der Waals surface area contributed by atoms with Crippen molar-refractivity contribution in [3.8, 4) is 0 Å². The molecule has 3 rings (SSSR count). The predicted octanol–water partition coefficient (Wildman–Crippen LogP) is 2.03. The van der Waals surface area contributed by atoms with Gasteiger partial charge in [-0.1, -0.05) is 11.6 Å². The summed E-state index contributed by atoms with van der Waals surface area (Å²) in [6, 6.07) is 3.69. The Kier molecular flexibility index (Phi) is 4.20. The number of nitrogens with zero attached hydrogens (tertiary/aromatic N) is 5. The molecule has 0 radical (unpaired) electrons. The highest BCUT2D eigenvalue weighted by molar-refractivity contribution is 6.32. The molecule has 0 unspecified atom stereocenters. The lowest BCUT2D eigenvalue weighted by molar-refractivity contribution is 0.468. The summed E-state index contributed by atoms with van der Waals surface area (Å²) in [7, 11) is 1.70. The van der Waals surface area contributed by atoms with E-state index >= 15 is 0 Å². The summed E-state index contributed by atoms with van der Waals surface area (Å²) in [5.74, 6) is 1.91. The molecule has 0 N–H and O–H groups in total. The highest BCUT2D eigenvalue weighted by Crippen LogP contribution is 2.31. The minimum atomic E-state index is -0.0505. The van der Waals surface area contributed by atoms with Gasteiger partial charge in [-0.05, 0) is 31.9 Å². The molecule has 0 amide bonds. The van der Waals surface area contributed by atoms with Gasteiger partial charge in [0.05, 0.1) is 5.02 Å². The third-order valence-electron chi connectivity index (χ3n) is 4.18. The van der Waals surface area contributed by atoms with Crippen molar-refractivity contribution in [2.45, 2.75) is 32.2 Å². The number of hydrogen-bond acceptors (Lipinski definition) is 4. The van der Waals surface area contributed by atoms with E-state index in [1.165, 1.54) is 4.68 Å². The fourth-order valence-electron chi connectivity index (χ4n) is 3.11. The van der Waals surface area contributed by atoms with Gasteiger partial charge in [-0.25, -0.2) is 14.5 Å². The maximum atomic E-state index is 12.1. The zero-order chi connectivity index (χ0) is 15.7. The Labute approximate surface area is 134 Å². The van der Waals surface area contributed by atoms with Crippen LogP contribution in [-0.2, 0) is 13.6 Å². The van der Waals surface area contributed by atoms with E-state index in [1.54, 1.807) is 17.8 Å². The van der Waals surface area contributed by atoms with Crippen LogP contribution in [0.2, 0.25) is 5.02 Å². The van der Waals surface area contributed by atoms with Crippen molar-refractivity contribution in [1.82, 2.24) is 19.3 Å². The fourth-order valence-corrected chi connectivity index (χ4v) is 3.35. The lowest BCUT2D eigenvalue weighted by Gasteiger charge is -2.33. The van der Waals surface area contributed by atoms with Crippen LogP contribution in [0, 0.1) is 0 Å². The molecule has 0 bridgehead atoms. The Hall–Kier alpha value is -1.82. The Morgan fingerprint density at radius 2 is 2.27 bits per heavy atom. The van der Waals surface area contributed by atoms with Crippen LogP contribution < -0.4 is 10.6 Å². The van der Waals surface area contributed by atoms with E-state index in [4.69, 9.17) is 11.6 Å². The van der Waals surface area contributed by atoms with E-state index in [0.717, 1.165) is 37.6 Å². The number of piperidine rings is 1. The second kappa shape index (κ2) is 6.12. The summed E-state index contributed by atoms with van der Waals surface area (Å²) in [6.45, 7) is 4.33. The van der Waals surface area contributed by atoms with Crippen LogP contribution in [-0.4, -0.2) is 32.4 Å². The molecule has 1 saturated heterocycles. The van der Waals surface area contributed by atoms with Gasteiger partial charge in [-0.3, -0.25) is 4.57 Å². The number of hydrogen-bond donors (Lipinski definition) is 0. The topological polar surface area (TPSA) is 56.0 Å². The number of anilines is 1. The summed E-state index contributed by atoms with van der Waals surface area (Å²) >= 11 is 6.26. The van der Waals surface area contributed by atoms with Crippen molar-refractivity contribution in [2.75, 3.05) is 18.0 Å². The van der Waals surface area contributed by atoms with Crippen molar-refractivity contribution in [1.29, 1.82) is 0 Å². The van der Waals surface area contributed by atoms with Crippen molar-refractivity contribution in [3.05, 3.63) is 39.7 Å². The van der Waals surface area contributed by atoms with Crippen LogP contribution in [0.25, 0.3) is 0 Å². The predicted molar refractivity (Wildman–Crippen MR) is 86.6 cm³/mol. The zero-order valence-corrected chi connectivity index (χ0v) is 13.6. The minimum absolute atomic E-state index is 0.0505. The van der Waals surface area contributed by atoms with Crippen LogP contribution in [0.15, 0.2) is 23.1 Å². The van der Waals surface area contributed by atoms with Crippen LogP contribution in [0.3, 0.4) is 0 Å². The average molecular weight is 322 g/mol. The van der Waals surface area contributed by atoms with Gasteiger partial charge in [0, 0.05) is 38.8 Å². The number of halogens is 1. The molecule has 2 aromatic heterocycles. The first kappa shape index (κ1) is 15.1. The number of rotatable bonds is 3. The van der Waals surface area contributed by atoms with Gasteiger partial charge in [0.2, 0.25) is 0 Å². The van der Waals surface area contributed by atoms with Gasteiger partial charge >= 0.3 is 5.69 Å². The molecule has 0 aromatic carbocycles. The van der Waals surface area contributed by atoms with Gasteiger partial charge in [0.1, 0.15) is 11.6 Å². The average Bonchev–Trinajstić information content (AvgIpc) is 2.83. The normalized spacial score (nSPS) is 18.7. The summed E-state index contributed by atoms with van der Waals surface area (Å²) in [5.41, 5.74) is -0.0505. The molecule has 1 atom stereocenters. The second-order valence-electron chi connectivity index (χ2n) is 5.60. The first-order chi connectivity index (χ1) is 10.6. The van der Waals surface area contributed by atoms with Gasteiger partial charge in [-0.15, -0.1) is 0 Å². The van der Waals surface area contributed by atoms with E-state index in [1.807, 2.05) is 19.1 Å². The third-order valence-corrected chi connectivity index (χ3v) is 4.47. The highest BCUT2D eigenvalue weighted by atomic mass is 35.5. The van der Waals surface area contributed by atoms with Gasteiger partial charge in [0.15, 0.2) is 0 Å². The monoisotopic (exact) mass is 321 g/mol. The van der Waals surface area contributed by atoms with Crippen LogP contribution in [0.1, 0.15) is 31.5 Å². The molecule has 22 heavy (non-hydrogen) atoms. The number of aromatic nitrogens is 4. The third kappa shape index (κ3) is 2.63. The SMILES string of the molecule is CCn1c([C@@H]2CCCN(c3ncccc3Cl)C2)nn(C)c1=O. The Morgan fingerprint density at radius 1 is 1.45 bits per heavy atom. The lowest BCUT2D eigenvalue weighted by atomic mass is 9.97. The van der Waals surface area contributed by atoms with Crippen molar-refractivity contribution < 1.29 is 0 Å². The number of aryl methyl sites for hydroxylation is 1. The number of pyridine rings is 1. The lowest BCUT2D eigenvalue weighted by Crippen LogP contribution is -2.36. The van der Waals surface area contributed by atoms with E-state index in [0.29, 0.717) is 11.6 Å². The summed E-state index contributed by atoms with van der Waals surface area (Å²) in [4.78, 5) is 18.7. The van der Waals surface area contributed by atoms with E-state index in [2.05, 4.69) is 15.0 Å². The summed E-state index contributed by atoms with van der Waals surface area (Å²) in [5, 5.41) is 5.11. The molecule has 0 aliphatic carbocycles. The zero-order valence-electron chi connectivity index (χ0n) is 12.9. The molecular weight excluding hydrogens is 302 g/mol. The molecule has 3 heterocycles. The molecular formula is C15H20ClN5O. The van der Waals surface area contributed by atoms with Crippen molar-refractivity contribution >= 4 is 17.4 Å². The molecule has 0 saturated carbocycles. The molecule has 0 spiro atoms. The van der Waals surface area contributed by atoms with E-state index < -0.39 is 0 Å². The maximum Gasteiger partial charge on any atom is 0.345 e. The molecule has 7 heteroatoms. The van der Waals surface area contributed by atoms with E-state index in [9.17, 15) is 4.79 Å². The molecule has 2 aromatic rings. The first-order valence-electron chi connectivity index (χ1n) is 7.61. The quantitative estimate of drug-likeness (QED) is 0.868. The van der Waals surface area contributed by atoms with Gasteiger partial charge in [0.25, 0.3) is 0 Å². The molecule has 118 valence electrons. The molecule has 1 aliphatic heterocycles. The summed E-state index contributed by atoms with van der Waals surface area (Å²) < 4.78 is 3.18. The fraction of sp³-hybridized carbons (Fsp3) is 0.533. The van der Waals surface area contributed by atoms with E-state index in [-0.39, 0.29) is 11.6 Å². The van der Waals surface area contributed by atoms with Crippen LogP contribution >= 0.6 is 11.6 Å². The van der Waals surface area contributed by atoms with Crippen LogP contribution in [0.5, 0.6) is 0 Å². The Morgan fingerprint density at radius 3 is 3.00 bits per heavy atom. The molecule has 6 nitrogen and oxygen atoms in total. The smallest absolute Gasteiger partial charge is 0.345 e. The minimum Gasteiger partial charge on any atom is -0.355 e.